The van der Waals surface area contributed by atoms with Gasteiger partial charge in [0.25, 0.3) is 0 Å². The highest BCUT2D eigenvalue weighted by molar-refractivity contribution is 5.95. The first kappa shape index (κ1) is 13.6. The zero-order valence-corrected chi connectivity index (χ0v) is 11.5. The molecule has 2 amide bonds. The minimum absolute atomic E-state index is 0.0307. The van der Waals surface area contributed by atoms with E-state index in [0.717, 1.165) is 31.6 Å². The molecule has 19 heavy (non-hydrogen) atoms. The van der Waals surface area contributed by atoms with Gasteiger partial charge in [-0.25, -0.2) is 4.79 Å². The number of Topliss-reactive ketones (excluding diaryl/α,β-unsaturated/α-hetero) is 1. The van der Waals surface area contributed by atoms with Crippen LogP contribution in [0.1, 0.15) is 37.0 Å². The lowest BCUT2D eigenvalue weighted by atomic mass is 10.1. The number of carbonyl (C=O) groups excluding carboxylic acids is 2. The van der Waals surface area contributed by atoms with Gasteiger partial charge in [-0.15, -0.1) is 0 Å². The van der Waals surface area contributed by atoms with Gasteiger partial charge in [-0.3, -0.25) is 4.79 Å². The molecule has 2 rings (SSSR count). The summed E-state index contributed by atoms with van der Waals surface area (Å²) >= 11 is 0. The van der Waals surface area contributed by atoms with E-state index in [1.807, 2.05) is 4.90 Å². The molecular weight excluding hydrogens is 240 g/mol. The van der Waals surface area contributed by atoms with E-state index < -0.39 is 0 Å². The molecule has 0 aromatic heterocycles. The molecule has 1 N–H and O–H groups in total. The molecule has 1 aromatic rings. The van der Waals surface area contributed by atoms with Crippen LogP contribution in [0.3, 0.4) is 0 Å². The molecule has 4 nitrogen and oxygen atoms in total. The molecule has 0 aliphatic carbocycles. The Morgan fingerprint density at radius 3 is 2.53 bits per heavy atom. The molecule has 1 aliphatic rings. The number of hydrogen-bond donors (Lipinski definition) is 1. The van der Waals surface area contributed by atoms with E-state index in [1.165, 1.54) is 6.92 Å². The average Bonchev–Trinajstić information content (AvgIpc) is 2.88. The zero-order chi connectivity index (χ0) is 13.8. The van der Waals surface area contributed by atoms with Crippen molar-refractivity contribution in [2.24, 2.45) is 5.92 Å². The molecule has 0 radical (unpaired) electrons. The van der Waals surface area contributed by atoms with Gasteiger partial charge in [0.2, 0.25) is 0 Å². The van der Waals surface area contributed by atoms with E-state index in [0.29, 0.717) is 11.5 Å². The van der Waals surface area contributed by atoms with Crippen molar-refractivity contribution < 1.29 is 9.59 Å². The van der Waals surface area contributed by atoms with Gasteiger partial charge in [0, 0.05) is 24.3 Å². The Hall–Kier alpha value is -1.84. The number of ketones is 1. The third-order valence-electron chi connectivity index (χ3n) is 3.69. The first-order valence-corrected chi connectivity index (χ1v) is 6.77. The first-order chi connectivity index (χ1) is 9.10. The molecule has 1 fully saturated rings. The Bertz CT molecular complexity index is 468. The molecule has 1 aliphatic heterocycles. The number of rotatable bonds is 3. The summed E-state index contributed by atoms with van der Waals surface area (Å²) in [6, 6.07) is 6.95. The smallest absolute Gasteiger partial charge is 0.321 e. The number of urea groups is 1. The molecule has 4 heteroatoms. The lowest BCUT2D eigenvalue weighted by Gasteiger charge is -2.17. The molecule has 1 unspecified atom stereocenters. The van der Waals surface area contributed by atoms with Gasteiger partial charge in [0.15, 0.2) is 5.78 Å². The van der Waals surface area contributed by atoms with Crippen LogP contribution in [0.5, 0.6) is 0 Å². The van der Waals surface area contributed by atoms with Crippen LogP contribution in [0.25, 0.3) is 0 Å². The predicted molar refractivity (Wildman–Crippen MR) is 75.4 cm³/mol. The SMILES string of the molecule is CCC1CCN(C(=O)Nc2ccc(C(C)=O)cc2)C1. The highest BCUT2D eigenvalue weighted by Gasteiger charge is 2.24. The van der Waals surface area contributed by atoms with Gasteiger partial charge in [-0.05, 0) is 43.5 Å². The van der Waals surface area contributed by atoms with E-state index in [9.17, 15) is 9.59 Å². The van der Waals surface area contributed by atoms with Crippen LogP contribution in [0.2, 0.25) is 0 Å². The first-order valence-electron chi connectivity index (χ1n) is 6.77. The van der Waals surface area contributed by atoms with Crippen LogP contribution in [0, 0.1) is 5.92 Å². The summed E-state index contributed by atoms with van der Waals surface area (Å²) in [5.41, 5.74) is 1.39. The lowest BCUT2D eigenvalue weighted by molar-refractivity contribution is 0.101. The normalized spacial score (nSPS) is 18.4. The van der Waals surface area contributed by atoms with Gasteiger partial charge < -0.3 is 10.2 Å². The number of nitrogens with one attached hydrogen (secondary N) is 1. The van der Waals surface area contributed by atoms with Crippen molar-refractivity contribution in [1.82, 2.24) is 4.90 Å². The lowest BCUT2D eigenvalue weighted by Crippen LogP contribution is -2.32. The van der Waals surface area contributed by atoms with Crippen LogP contribution >= 0.6 is 0 Å². The maximum Gasteiger partial charge on any atom is 0.321 e. The highest BCUT2D eigenvalue weighted by atomic mass is 16.2. The van der Waals surface area contributed by atoms with E-state index in [2.05, 4.69) is 12.2 Å². The number of hydrogen-bond acceptors (Lipinski definition) is 2. The Labute approximate surface area is 113 Å². The van der Waals surface area contributed by atoms with Crippen LogP contribution in [0.4, 0.5) is 10.5 Å². The summed E-state index contributed by atoms with van der Waals surface area (Å²) < 4.78 is 0. The molecule has 0 bridgehead atoms. The summed E-state index contributed by atoms with van der Waals surface area (Å²) in [6.07, 6.45) is 2.21. The Kier molecular flexibility index (Phi) is 4.20. The fraction of sp³-hybridized carbons (Fsp3) is 0.467. The van der Waals surface area contributed by atoms with Crippen LogP contribution in [-0.4, -0.2) is 29.8 Å². The topological polar surface area (TPSA) is 49.4 Å². The number of benzene rings is 1. The summed E-state index contributed by atoms with van der Waals surface area (Å²) in [4.78, 5) is 25.1. The molecule has 102 valence electrons. The van der Waals surface area contributed by atoms with Crippen molar-refractivity contribution >= 4 is 17.5 Å². The van der Waals surface area contributed by atoms with Crippen LogP contribution < -0.4 is 5.32 Å². The molecule has 1 heterocycles. The van der Waals surface area contributed by atoms with Crippen molar-refractivity contribution in [3.8, 4) is 0 Å². The predicted octanol–water partition coefficient (Wildman–Crippen LogP) is 3.15. The Balaban J connectivity index is 1.94. The number of carbonyl (C=O) groups is 2. The maximum absolute atomic E-state index is 12.0. The van der Waals surface area contributed by atoms with Gasteiger partial charge >= 0.3 is 6.03 Å². The van der Waals surface area contributed by atoms with E-state index in [4.69, 9.17) is 0 Å². The molecular formula is C15H20N2O2. The van der Waals surface area contributed by atoms with Crippen LogP contribution in [0.15, 0.2) is 24.3 Å². The number of likely N-dealkylation sites (tertiary alicyclic amines) is 1. The fourth-order valence-corrected chi connectivity index (χ4v) is 2.34. The Morgan fingerprint density at radius 1 is 1.32 bits per heavy atom. The fourth-order valence-electron chi connectivity index (χ4n) is 2.34. The average molecular weight is 260 g/mol. The number of amides is 2. The van der Waals surface area contributed by atoms with Gasteiger partial charge in [-0.1, -0.05) is 13.3 Å². The second kappa shape index (κ2) is 5.87. The Morgan fingerprint density at radius 2 is 2.00 bits per heavy atom. The third-order valence-corrected chi connectivity index (χ3v) is 3.69. The maximum atomic E-state index is 12.0. The van der Waals surface area contributed by atoms with E-state index >= 15 is 0 Å². The van der Waals surface area contributed by atoms with Crippen molar-refractivity contribution in [2.45, 2.75) is 26.7 Å². The van der Waals surface area contributed by atoms with Gasteiger partial charge in [0.05, 0.1) is 0 Å². The highest BCUT2D eigenvalue weighted by Crippen LogP contribution is 2.20. The summed E-state index contributed by atoms with van der Waals surface area (Å²) in [6.45, 7) is 5.36. The van der Waals surface area contributed by atoms with Crippen LogP contribution in [-0.2, 0) is 0 Å². The minimum Gasteiger partial charge on any atom is -0.324 e. The second-order valence-electron chi connectivity index (χ2n) is 5.07. The van der Waals surface area contributed by atoms with Crippen molar-refractivity contribution in [3.63, 3.8) is 0 Å². The summed E-state index contributed by atoms with van der Waals surface area (Å²) in [5, 5.41) is 2.87. The largest absolute Gasteiger partial charge is 0.324 e. The van der Waals surface area contributed by atoms with Crippen molar-refractivity contribution in [2.75, 3.05) is 18.4 Å². The van der Waals surface area contributed by atoms with Gasteiger partial charge in [0.1, 0.15) is 0 Å². The van der Waals surface area contributed by atoms with Crippen molar-refractivity contribution in [3.05, 3.63) is 29.8 Å². The number of anilines is 1. The van der Waals surface area contributed by atoms with Crippen molar-refractivity contribution in [1.29, 1.82) is 0 Å². The monoisotopic (exact) mass is 260 g/mol. The molecule has 1 aromatic carbocycles. The number of nitrogens with zero attached hydrogens (tertiary/aromatic N) is 1. The third kappa shape index (κ3) is 3.34. The molecule has 1 saturated heterocycles. The summed E-state index contributed by atoms with van der Waals surface area (Å²) in [5.74, 6) is 0.661. The van der Waals surface area contributed by atoms with Gasteiger partial charge in [-0.2, -0.15) is 0 Å². The standard InChI is InChI=1S/C15H20N2O2/c1-3-12-8-9-17(10-12)15(19)16-14-6-4-13(5-7-14)11(2)18/h4-7,12H,3,8-10H2,1-2H3,(H,16,19). The van der Waals surface area contributed by atoms with E-state index in [1.54, 1.807) is 24.3 Å². The quantitative estimate of drug-likeness (QED) is 0.849. The molecule has 0 saturated carbocycles. The zero-order valence-electron chi connectivity index (χ0n) is 11.5. The second-order valence-corrected chi connectivity index (χ2v) is 5.07. The molecule has 0 spiro atoms. The van der Waals surface area contributed by atoms with E-state index in [-0.39, 0.29) is 11.8 Å². The minimum atomic E-state index is -0.0495. The molecule has 1 atom stereocenters. The summed E-state index contributed by atoms with van der Waals surface area (Å²) in [7, 11) is 0.